The van der Waals surface area contributed by atoms with Crippen molar-refractivity contribution in [1.29, 1.82) is 0 Å². The predicted octanol–water partition coefficient (Wildman–Crippen LogP) is 0.507. The zero-order valence-electron chi connectivity index (χ0n) is 10.1. The van der Waals surface area contributed by atoms with Gasteiger partial charge in [-0.1, -0.05) is 6.07 Å². The van der Waals surface area contributed by atoms with E-state index >= 15 is 0 Å². The summed E-state index contributed by atoms with van der Waals surface area (Å²) in [6.45, 7) is 3.24. The average molecular weight is 271 g/mol. The molecule has 1 unspecified atom stereocenters. The Morgan fingerprint density at radius 2 is 2.17 bits per heavy atom. The molecule has 0 amide bonds. The number of hydrogen-bond acceptors (Lipinski definition) is 5. The van der Waals surface area contributed by atoms with Gasteiger partial charge in [0.05, 0.1) is 23.5 Å². The van der Waals surface area contributed by atoms with Gasteiger partial charge in [-0.15, -0.1) is 0 Å². The molecule has 1 aliphatic heterocycles. The van der Waals surface area contributed by atoms with Crippen molar-refractivity contribution in [2.45, 2.75) is 23.8 Å². The van der Waals surface area contributed by atoms with Crippen LogP contribution in [0, 0.1) is 0 Å². The third-order valence-electron chi connectivity index (χ3n) is 3.03. The number of rotatable bonds is 3. The lowest BCUT2D eigenvalue weighted by Crippen LogP contribution is -2.35. The van der Waals surface area contributed by atoms with E-state index in [-0.39, 0.29) is 16.1 Å². The Morgan fingerprint density at radius 3 is 2.72 bits per heavy atom. The second-order valence-electron chi connectivity index (χ2n) is 4.75. The molecular weight excluding hydrogens is 254 g/mol. The van der Waals surface area contributed by atoms with E-state index in [1.54, 1.807) is 12.1 Å². The minimum atomic E-state index is -3.81. The summed E-state index contributed by atoms with van der Waals surface area (Å²) in [6.07, 6.45) is 0.839. The zero-order valence-corrected chi connectivity index (χ0v) is 11.0. The summed E-state index contributed by atoms with van der Waals surface area (Å²) in [7, 11) is -3.81. The Balaban J connectivity index is 2.35. The smallest absolute Gasteiger partial charge is 0.240 e. The van der Waals surface area contributed by atoms with Crippen LogP contribution in [-0.4, -0.2) is 27.2 Å². The summed E-state index contributed by atoms with van der Waals surface area (Å²) in [5.41, 5.74) is 6.32. The molecule has 6 nitrogen and oxygen atoms in total. The Kier molecular flexibility index (Phi) is 3.22. The fraction of sp³-hybridized carbons (Fsp3) is 0.455. The summed E-state index contributed by atoms with van der Waals surface area (Å²) in [5, 5.41) is 8.34. The molecule has 100 valence electrons. The van der Waals surface area contributed by atoms with Crippen molar-refractivity contribution in [3.63, 3.8) is 0 Å². The average Bonchev–Trinajstić information content (AvgIpc) is 2.67. The van der Waals surface area contributed by atoms with Crippen LogP contribution in [0.5, 0.6) is 0 Å². The summed E-state index contributed by atoms with van der Waals surface area (Å²) in [5.74, 6) is 0. The predicted molar refractivity (Wildman–Crippen MR) is 69.7 cm³/mol. The van der Waals surface area contributed by atoms with Gasteiger partial charge in [0.1, 0.15) is 4.90 Å². The first kappa shape index (κ1) is 13.1. The zero-order chi connectivity index (χ0) is 13.4. The molecule has 0 aromatic heterocycles. The molecule has 0 radical (unpaired) electrons. The van der Waals surface area contributed by atoms with Gasteiger partial charge in [0, 0.05) is 6.61 Å². The molecule has 0 aliphatic carbocycles. The molecule has 2 rings (SSSR count). The number of nitrogens with two attached hydrogens (primary N) is 2. The van der Waals surface area contributed by atoms with Gasteiger partial charge in [-0.3, -0.25) is 0 Å². The maximum absolute atomic E-state index is 11.4. The summed E-state index contributed by atoms with van der Waals surface area (Å²) >= 11 is 0. The summed E-state index contributed by atoms with van der Waals surface area (Å²) in [6, 6.07) is 4.73. The van der Waals surface area contributed by atoms with E-state index in [0.717, 1.165) is 6.42 Å². The highest BCUT2D eigenvalue weighted by atomic mass is 32.2. The normalized spacial score (nSPS) is 24.1. The first-order valence-electron chi connectivity index (χ1n) is 5.59. The minimum Gasteiger partial charge on any atom is -0.396 e. The molecule has 1 fully saturated rings. The number of ether oxygens (including phenoxy) is 1. The quantitative estimate of drug-likeness (QED) is 0.694. The molecule has 7 heteroatoms. The van der Waals surface area contributed by atoms with E-state index in [2.05, 4.69) is 5.32 Å². The number of nitrogen functional groups attached to an aromatic ring is 1. The van der Waals surface area contributed by atoms with Crippen molar-refractivity contribution in [2.75, 3.05) is 24.3 Å². The highest BCUT2D eigenvalue weighted by Crippen LogP contribution is 2.30. The lowest BCUT2D eigenvalue weighted by atomic mass is 10.0. The highest BCUT2D eigenvalue weighted by molar-refractivity contribution is 7.89. The Labute approximate surface area is 106 Å². The van der Waals surface area contributed by atoms with Gasteiger partial charge >= 0.3 is 0 Å². The molecule has 1 aromatic rings. The highest BCUT2D eigenvalue weighted by Gasteiger charge is 2.30. The topological polar surface area (TPSA) is 107 Å². The summed E-state index contributed by atoms with van der Waals surface area (Å²) < 4.78 is 28.1. The molecule has 1 aliphatic rings. The number of sulfonamides is 1. The number of para-hydroxylation sites is 1. The fourth-order valence-corrected chi connectivity index (χ4v) is 2.68. The molecule has 1 saturated heterocycles. The van der Waals surface area contributed by atoms with Gasteiger partial charge < -0.3 is 15.8 Å². The van der Waals surface area contributed by atoms with Crippen LogP contribution in [0.2, 0.25) is 0 Å². The first-order chi connectivity index (χ1) is 8.32. The van der Waals surface area contributed by atoms with Gasteiger partial charge in [-0.2, -0.15) is 0 Å². The van der Waals surface area contributed by atoms with Crippen molar-refractivity contribution in [3.05, 3.63) is 18.2 Å². The number of anilines is 2. The largest absolute Gasteiger partial charge is 0.396 e. The van der Waals surface area contributed by atoms with Gasteiger partial charge in [-0.05, 0) is 25.5 Å². The lowest BCUT2D eigenvalue weighted by Gasteiger charge is -2.26. The van der Waals surface area contributed by atoms with E-state index < -0.39 is 10.0 Å². The van der Waals surface area contributed by atoms with Crippen LogP contribution < -0.4 is 16.2 Å². The van der Waals surface area contributed by atoms with E-state index in [1.165, 1.54) is 6.07 Å². The molecule has 0 bridgehead atoms. The SMILES string of the molecule is CC1(Nc2cccc(S(N)(=O)=O)c2N)CCOC1. The van der Waals surface area contributed by atoms with Crippen molar-refractivity contribution in [1.82, 2.24) is 0 Å². The maximum atomic E-state index is 11.4. The molecule has 18 heavy (non-hydrogen) atoms. The summed E-state index contributed by atoms with van der Waals surface area (Å²) in [4.78, 5) is -0.0602. The van der Waals surface area contributed by atoms with E-state index in [9.17, 15) is 8.42 Å². The standard InChI is InChI=1S/C11H17N3O3S/c1-11(5-6-17-7-11)14-8-3-2-4-9(10(8)12)18(13,15)16/h2-4,14H,5-7,12H2,1H3,(H2,13,15,16). The van der Waals surface area contributed by atoms with E-state index in [1.807, 2.05) is 6.92 Å². The molecule has 1 heterocycles. The van der Waals surface area contributed by atoms with E-state index in [0.29, 0.717) is 18.9 Å². The van der Waals surface area contributed by atoms with E-state index in [4.69, 9.17) is 15.6 Å². The molecule has 5 N–H and O–H groups in total. The van der Waals surface area contributed by atoms with Crippen LogP contribution in [0.3, 0.4) is 0 Å². The molecule has 1 atom stereocenters. The third-order valence-corrected chi connectivity index (χ3v) is 4.00. The number of primary sulfonamides is 1. The fourth-order valence-electron chi connectivity index (χ4n) is 1.99. The number of hydrogen-bond donors (Lipinski definition) is 3. The first-order valence-corrected chi connectivity index (χ1v) is 7.14. The second kappa shape index (κ2) is 4.42. The van der Waals surface area contributed by atoms with Crippen LogP contribution in [0.1, 0.15) is 13.3 Å². The van der Waals surface area contributed by atoms with Crippen LogP contribution in [0.4, 0.5) is 11.4 Å². The Hall–Kier alpha value is -1.31. The molecule has 0 spiro atoms. The van der Waals surface area contributed by atoms with Gasteiger partial charge in [0.2, 0.25) is 10.0 Å². The van der Waals surface area contributed by atoms with Gasteiger partial charge in [0.15, 0.2) is 0 Å². The van der Waals surface area contributed by atoms with Crippen LogP contribution in [0.25, 0.3) is 0 Å². The maximum Gasteiger partial charge on any atom is 0.240 e. The van der Waals surface area contributed by atoms with Crippen molar-refractivity contribution in [2.24, 2.45) is 5.14 Å². The molecular formula is C11H17N3O3S. The Bertz CT molecular complexity index is 551. The minimum absolute atomic E-state index is 0.0602. The van der Waals surface area contributed by atoms with Crippen LogP contribution in [-0.2, 0) is 14.8 Å². The van der Waals surface area contributed by atoms with Crippen molar-refractivity contribution < 1.29 is 13.2 Å². The van der Waals surface area contributed by atoms with Crippen molar-refractivity contribution >= 4 is 21.4 Å². The lowest BCUT2D eigenvalue weighted by molar-refractivity contribution is 0.185. The van der Waals surface area contributed by atoms with Gasteiger partial charge in [0.25, 0.3) is 0 Å². The third kappa shape index (κ3) is 2.58. The monoisotopic (exact) mass is 271 g/mol. The molecule has 0 saturated carbocycles. The van der Waals surface area contributed by atoms with Crippen LogP contribution in [0.15, 0.2) is 23.1 Å². The number of nitrogens with one attached hydrogen (secondary N) is 1. The van der Waals surface area contributed by atoms with Crippen molar-refractivity contribution in [3.8, 4) is 0 Å². The van der Waals surface area contributed by atoms with Crippen LogP contribution >= 0.6 is 0 Å². The molecule has 1 aromatic carbocycles. The van der Waals surface area contributed by atoms with Gasteiger partial charge in [-0.25, -0.2) is 13.6 Å². The number of benzene rings is 1. The second-order valence-corrected chi connectivity index (χ2v) is 6.28. The Morgan fingerprint density at radius 1 is 1.44 bits per heavy atom.